The number of methoxy groups -OCH3 is 1. The summed E-state index contributed by atoms with van der Waals surface area (Å²) < 4.78 is 16.6. The number of aliphatic imine (C=N–C) groups is 1. The van der Waals surface area contributed by atoms with Crippen LogP contribution >= 0.6 is 11.6 Å². The molecule has 0 spiro atoms. The average Bonchev–Trinajstić information content (AvgIpc) is 3.18. The number of ether oxygens (including phenoxy) is 3. The minimum absolute atomic E-state index is 0.00423. The number of nitro groups is 1. The molecule has 0 amide bonds. The normalized spacial score (nSPS) is 14.0. The summed E-state index contributed by atoms with van der Waals surface area (Å²) in [6.45, 7) is 2.04. The van der Waals surface area contributed by atoms with Crippen molar-refractivity contribution in [1.82, 2.24) is 0 Å². The maximum absolute atomic E-state index is 12.4. The smallest absolute Gasteiger partial charge is 0.363 e. The summed E-state index contributed by atoms with van der Waals surface area (Å²) in [7, 11) is 1.47. The van der Waals surface area contributed by atoms with Crippen molar-refractivity contribution in [2.24, 2.45) is 4.99 Å². The van der Waals surface area contributed by atoms with Gasteiger partial charge >= 0.3 is 5.97 Å². The Hall–Kier alpha value is -4.17. The van der Waals surface area contributed by atoms with Crippen molar-refractivity contribution in [1.29, 1.82) is 0 Å². The first-order valence-electron chi connectivity index (χ1n) is 10.2. The molecule has 1 heterocycles. The molecule has 1 aliphatic heterocycles. The second-order valence-electron chi connectivity index (χ2n) is 7.40. The molecule has 0 unspecified atom stereocenters. The molecule has 3 aromatic carbocycles. The first-order chi connectivity index (χ1) is 16.4. The van der Waals surface area contributed by atoms with Crippen LogP contribution in [0.15, 0.2) is 71.4 Å². The van der Waals surface area contributed by atoms with Gasteiger partial charge in [0.25, 0.3) is 5.69 Å². The Balaban J connectivity index is 1.57. The summed E-state index contributed by atoms with van der Waals surface area (Å²) in [6, 6.07) is 16.8. The fourth-order valence-corrected chi connectivity index (χ4v) is 3.60. The van der Waals surface area contributed by atoms with E-state index in [1.165, 1.54) is 19.2 Å². The molecule has 8 nitrogen and oxygen atoms in total. The number of carbonyl (C=O) groups excluding carboxylic acids is 1. The maximum atomic E-state index is 12.4. The Morgan fingerprint density at radius 2 is 1.88 bits per heavy atom. The number of carbonyl (C=O) groups is 1. The Labute approximate surface area is 200 Å². The molecule has 0 radical (unpaired) electrons. The van der Waals surface area contributed by atoms with Crippen LogP contribution in [0.25, 0.3) is 6.08 Å². The van der Waals surface area contributed by atoms with E-state index in [9.17, 15) is 14.9 Å². The molecule has 34 heavy (non-hydrogen) atoms. The third kappa shape index (κ3) is 4.92. The first-order valence-corrected chi connectivity index (χ1v) is 10.6. The van der Waals surface area contributed by atoms with E-state index in [4.69, 9.17) is 25.8 Å². The van der Waals surface area contributed by atoms with Crippen LogP contribution in [0.3, 0.4) is 0 Å². The van der Waals surface area contributed by atoms with Crippen LogP contribution in [0, 0.1) is 17.0 Å². The molecular formula is C25H19ClN2O6. The SMILES string of the molecule is COc1cc(/C=C2\N=C(c3ccccc3C)OC2=O)cc(Cl)c1OCc1ccc([N+](=O)[O-])cc1. The molecule has 0 saturated carbocycles. The molecule has 0 aromatic heterocycles. The Morgan fingerprint density at radius 3 is 2.56 bits per heavy atom. The predicted molar refractivity (Wildman–Crippen MR) is 127 cm³/mol. The van der Waals surface area contributed by atoms with Gasteiger partial charge in [-0.1, -0.05) is 29.8 Å². The first kappa shape index (κ1) is 23.0. The van der Waals surface area contributed by atoms with Gasteiger partial charge in [0, 0.05) is 17.7 Å². The zero-order chi connectivity index (χ0) is 24.2. The quantitative estimate of drug-likeness (QED) is 0.193. The fraction of sp³-hybridized carbons (Fsp3) is 0.120. The van der Waals surface area contributed by atoms with Crippen LogP contribution in [-0.2, 0) is 16.1 Å². The molecule has 0 bridgehead atoms. The number of aryl methyl sites for hydroxylation is 1. The lowest BCUT2D eigenvalue weighted by molar-refractivity contribution is -0.384. The number of nitrogens with zero attached hydrogens (tertiary/aromatic N) is 2. The van der Waals surface area contributed by atoms with Crippen LogP contribution in [0.1, 0.15) is 22.3 Å². The van der Waals surface area contributed by atoms with Gasteiger partial charge in [-0.05, 0) is 60.0 Å². The predicted octanol–water partition coefficient (Wildman–Crippen LogP) is 5.49. The van der Waals surface area contributed by atoms with E-state index in [1.807, 2.05) is 31.2 Å². The molecule has 0 saturated heterocycles. The number of rotatable bonds is 7. The van der Waals surface area contributed by atoms with E-state index >= 15 is 0 Å². The Kier molecular flexibility index (Phi) is 6.60. The zero-order valence-corrected chi connectivity index (χ0v) is 19.0. The monoisotopic (exact) mass is 478 g/mol. The lowest BCUT2D eigenvalue weighted by atomic mass is 10.1. The van der Waals surface area contributed by atoms with Gasteiger partial charge in [0.2, 0.25) is 5.90 Å². The molecule has 3 aromatic rings. The number of non-ortho nitro benzene ring substituents is 1. The number of benzene rings is 3. The van der Waals surface area contributed by atoms with E-state index in [0.717, 1.165) is 16.7 Å². The number of nitro benzene ring substituents is 1. The van der Waals surface area contributed by atoms with E-state index in [1.54, 1.807) is 30.3 Å². The summed E-state index contributed by atoms with van der Waals surface area (Å²) in [5, 5.41) is 11.1. The van der Waals surface area contributed by atoms with Gasteiger partial charge in [0.05, 0.1) is 17.1 Å². The van der Waals surface area contributed by atoms with E-state index in [0.29, 0.717) is 17.1 Å². The van der Waals surface area contributed by atoms with Crippen molar-refractivity contribution < 1.29 is 23.9 Å². The summed E-state index contributed by atoms with van der Waals surface area (Å²) in [6.07, 6.45) is 1.56. The standard InChI is InChI=1S/C25H19ClN2O6/c1-15-5-3-4-6-19(15)24-27-21(25(29)34-24)12-17-11-20(26)23(22(13-17)32-2)33-14-16-7-9-18(10-8-16)28(30)31/h3-13H,14H2,1-2H3/b21-12-. The molecular weight excluding hydrogens is 460 g/mol. The summed E-state index contributed by atoms with van der Waals surface area (Å²) >= 11 is 6.44. The lowest BCUT2D eigenvalue weighted by Crippen LogP contribution is -2.06. The zero-order valence-electron chi connectivity index (χ0n) is 18.3. The van der Waals surface area contributed by atoms with E-state index in [-0.39, 0.29) is 28.9 Å². The third-order valence-electron chi connectivity index (χ3n) is 5.08. The molecule has 0 fully saturated rings. The van der Waals surface area contributed by atoms with Crippen LogP contribution in [-0.4, -0.2) is 23.9 Å². The lowest BCUT2D eigenvalue weighted by Gasteiger charge is -2.13. The minimum Gasteiger partial charge on any atom is -0.493 e. The molecule has 0 atom stereocenters. The van der Waals surface area contributed by atoms with Crippen molar-refractivity contribution >= 4 is 35.2 Å². The largest absolute Gasteiger partial charge is 0.493 e. The molecule has 0 aliphatic carbocycles. The molecule has 9 heteroatoms. The number of halogens is 1. The number of hydrogen-bond acceptors (Lipinski definition) is 7. The van der Waals surface area contributed by atoms with Crippen molar-refractivity contribution in [3.8, 4) is 11.5 Å². The summed E-state index contributed by atoms with van der Waals surface area (Å²) in [5.41, 5.74) is 3.11. The van der Waals surface area contributed by atoms with Gasteiger partial charge in [-0.25, -0.2) is 9.79 Å². The van der Waals surface area contributed by atoms with Gasteiger partial charge in [-0.15, -0.1) is 0 Å². The second-order valence-corrected chi connectivity index (χ2v) is 7.80. The molecule has 172 valence electrons. The van der Waals surface area contributed by atoms with Gasteiger partial charge < -0.3 is 14.2 Å². The van der Waals surface area contributed by atoms with Crippen molar-refractivity contribution in [2.45, 2.75) is 13.5 Å². The fourth-order valence-electron chi connectivity index (χ4n) is 3.33. The second kappa shape index (κ2) is 9.76. The van der Waals surface area contributed by atoms with E-state index in [2.05, 4.69) is 4.99 Å². The highest BCUT2D eigenvalue weighted by Crippen LogP contribution is 2.38. The maximum Gasteiger partial charge on any atom is 0.363 e. The minimum atomic E-state index is -0.563. The molecule has 0 N–H and O–H groups in total. The Morgan fingerprint density at radius 1 is 1.15 bits per heavy atom. The van der Waals surface area contributed by atoms with Crippen LogP contribution in [0.4, 0.5) is 5.69 Å². The van der Waals surface area contributed by atoms with Gasteiger partial charge in [0.15, 0.2) is 17.2 Å². The summed E-state index contributed by atoms with van der Waals surface area (Å²) in [5.74, 6) is 0.348. The Bertz CT molecular complexity index is 1330. The highest BCUT2D eigenvalue weighted by atomic mass is 35.5. The third-order valence-corrected chi connectivity index (χ3v) is 5.36. The van der Waals surface area contributed by atoms with E-state index < -0.39 is 10.9 Å². The van der Waals surface area contributed by atoms with Crippen LogP contribution in [0.2, 0.25) is 5.02 Å². The van der Waals surface area contributed by atoms with Crippen molar-refractivity contribution in [3.63, 3.8) is 0 Å². The van der Waals surface area contributed by atoms with Gasteiger partial charge in [0.1, 0.15) is 6.61 Å². The highest BCUT2D eigenvalue weighted by molar-refractivity contribution is 6.32. The van der Waals surface area contributed by atoms with Crippen LogP contribution in [0.5, 0.6) is 11.5 Å². The van der Waals surface area contributed by atoms with Gasteiger partial charge in [-0.3, -0.25) is 10.1 Å². The average molecular weight is 479 g/mol. The molecule has 4 rings (SSSR count). The summed E-state index contributed by atoms with van der Waals surface area (Å²) in [4.78, 5) is 27.0. The number of esters is 1. The number of hydrogen-bond donors (Lipinski definition) is 0. The van der Waals surface area contributed by atoms with Gasteiger partial charge in [-0.2, -0.15) is 0 Å². The topological polar surface area (TPSA) is 100 Å². The molecule has 1 aliphatic rings. The highest BCUT2D eigenvalue weighted by Gasteiger charge is 2.25. The number of cyclic esters (lactones) is 1. The van der Waals surface area contributed by atoms with Crippen molar-refractivity contribution in [2.75, 3.05) is 7.11 Å². The van der Waals surface area contributed by atoms with Crippen molar-refractivity contribution in [3.05, 3.63) is 104 Å². The van der Waals surface area contributed by atoms with Crippen LogP contribution < -0.4 is 9.47 Å².